The molecule has 1 aromatic heterocycles. The second kappa shape index (κ2) is 6.16. The Labute approximate surface area is 129 Å². The molecule has 4 N–H and O–H groups in total. The first-order chi connectivity index (χ1) is 10.1. The molecule has 1 aliphatic heterocycles. The molecule has 1 fully saturated rings. The second-order valence-electron chi connectivity index (χ2n) is 6.49. The summed E-state index contributed by atoms with van der Waals surface area (Å²) in [6, 6.07) is 0. The van der Waals surface area contributed by atoms with Gasteiger partial charge in [-0.1, -0.05) is 0 Å². The van der Waals surface area contributed by atoms with Crippen molar-refractivity contribution in [3.8, 4) is 0 Å². The maximum absolute atomic E-state index is 11.9. The van der Waals surface area contributed by atoms with Gasteiger partial charge in [-0.2, -0.15) is 4.98 Å². The Morgan fingerprint density at radius 3 is 2.68 bits per heavy atom. The van der Waals surface area contributed by atoms with E-state index < -0.39 is 37.1 Å². The number of aromatic nitrogens is 2. The smallest absolute Gasteiger partial charge is 0.351 e. The lowest BCUT2D eigenvalue weighted by atomic mass is 10.1. The third-order valence-electron chi connectivity index (χ3n) is 3.80. The van der Waals surface area contributed by atoms with Gasteiger partial charge in [-0.3, -0.25) is 4.57 Å². The van der Waals surface area contributed by atoms with Crippen LogP contribution in [0.25, 0.3) is 0 Å². The molecular weight excluding hydrogens is 305 g/mol. The molecule has 0 saturated carbocycles. The van der Waals surface area contributed by atoms with Crippen molar-refractivity contribution < 1.29 is 14.9 Å². The van der Waals surface area contributed by atoms with Crippen LogP contribution in [0.2, 0.25) is 0 Å². The first kappa shape index (κ1) is 17.2. The van der Waals surface area contributed by atoms with E-state index in [2.05, 4.69) is 24.6 Å². The van der Waals surface area contributed by atoms with E-state index in [4.69, 9.17) is 10.5 Å². The molecular formula is C14H24N3O4P. The third-order valence-corrected chi connectivity index (χ3v) is 5.27. The maximum atomic E-state index is 11.9. The maximum Gasteiger partial charge on any atom is 0.351 e. The fraction of sp³-hybridized carbons (Fsp3) is 0.643. The van der Waals surface area contributed by atoms with E-state index in [0.717, 1.165) is 6.16 Å². The van der Waals surface area contributed by atoms with Gasteiger partial charge in [-0.15, -0.1) is 13.2 Å². The second-order valence-corrected chi connectivity index (χ2v) is 10.8. The molecule has 0 bridgehead atoms. The summed E-state index contributed by atoms with van der Waals surface area (Å²) in [5.41, 5.74) is 5.60. The number of anilines is 1. The molecule has 0 unspecified atom stereocenters. The number of nitrogen functional groups attached to an aromatic ring is 1. The summed E-state index contributed by atoms with van der Waals surface area (Å²) in [6.45, 7) is 4.66. The highest BCUT2D eigenvalue weighted by Gasteiger charge is 2.43. The number of aliphatic hydroxyl groups excluding tert-OH is 2. The van der Waals surface area contributed by atoms with Gasteiger partial charge in [0.05, 0.1) is 6.10 Å². The van der Waals surface area contributed by atoms with Crippen LogP contribution in [0.1, 0.15) is 18.2 Å². The minimum absolute atomic E-state index is 0.148. The van der Waals surface area contributed by atoms with E-state index in [1.54, 1.807) is 6.92 Å². The Balaban J connectivity index is 2.22. The van der Waals surface area contributed by atoms with Crippen molar-refractivity contribution >= 4 is 19.0 Å². The first-order valence-electron chi connectivity index (χ1n) is 7.14. The van der Waals surface area contributed by atoms with Crippen molar-refractivity contribution in [3.63, 3.8) is 0 Å². The van der Waals surface area contributed by atoms with Crippen LogP contribution < -0.4 is 11.4 Å². The molecule has 0 spiro atoms. The molecule has 2 heterocycles. The number of nitrogens with zero attached hydrogens (tertiary/aromatic N) is 2. The Kier molecular flexibility index (Phi) is 4.82. The Morgan fingerprint density at radius 1 is 1.45 bits per heavy atom. The molecule has 124 valence electrons. The molecule has 0 aromatic carbocycles. The van der Waals surface area contributed by atoms with Crippen molar-refractivity contribution in [3.05, 3.63) is 22.2 Å². The fourth-order valence-electron chi connectivity index (χ4n) is 2.44. The number of aryl methyl sites for hydroxylation is 1. The van der Waals surface area contributed by atoms with Gasteiger partial charge in [0.1, 0.15) is 18.0 Å². The number of hydrogen-bond acceptors (Lipinski definition) is 6. The minimum atomic E-state index is -1.25. The van der Waals surface area contributed by atoms with Gasteiger partial charge in [-0.05, 0) is 32.8 Å². The minimum Gasteiger partial charge on any atom is -0.388 e. The number of aliphatic hydroxyl groups is 2. The summed E-state index contributed by atoms with van der Waals surface area (Å²) in [5, 5.41) is 20.4. The van der Waals surface area contributed by atoms with Crippen LogP contribution in [0.3, 0.4) is 0 Å². The van der Waals surface area contributed by atoms with Gasteiger partial charge in [0.25, 0.3) is 0 Å². The summed E-state index contributed by atoms with van der Waals surface area (Å²) < 4.78 is 6.90. The van der Waals surface area contributed by atoms with Crippen molar-refractivity contribution in [2.75, 3.05) is 25.2 Å². The average Bonchev–Trinajstić information content (AvgIpc) is 2.68. The van der Waals surface area contributed by atoms with E-state index in [1.165, 1.54) is 10.8 Å². The predicted octanol–water partition coefficient (Wildman–Crippen LogP) is -0.148. The van der Waals surface area contributed by atoms with Gasteiger partial charge in [0, 0.05) is 11.8 Å². The molecule has 1 aromatic rings. The van der Waals surface area contributed by atoms with Crippen LogP contribution in [0.5, 0.6) is 0 Å². The average molecular weight is 329 g/mol. The van der Waals surface area contributed by atoms with Gasteiger partial charge < -0.3 is 20.7 Å². The summed E-state index contributed by atoms with van der Waals surface area (Å²) in [4.78, 5) is 15.6. The van der Waals surface area contributed by atoms with Crippen LogP contribution in [0, 0.1) is 6.92 Å². The zero-order valence-electron chi connectivity index (χ0n) is 13.1. The molecule has 22 heavy (non-hydrogen) atoms. The standard InChI is InChI=1S/C14H24N3O4P/c1-8-7-17(14(20)16-12(8)15)13-11(19)10(18)9(21-13)5-6-22(2,3)4/h7,9-11,13,18-19H,2,5-6H2,1,3-4H3,(H2,15,16,20)/t9-,10-,11-,13-/m1/s1. The zero-order chi connectivity index (χ0) is 16.7. The molecule has 4 atom stereocenters. The van der Waals surface area contributed by atoms with Crippen molar-refractivity contribution in [1.82, 2.24) is 9.55 Å². The summed E-state index contributed by atoms with van der Waals surface area (Å²) >= 11 is 0. The number of nitrogens with two attached hydrogens (primary N) is 1. The SMILES string of the molecule is C=P(C)(C)CC[C@H]1O[C@@H](n2cc(C)c(N)nc2=O)[C@H](O)[C@@H]1O. The van der Waals surface area contributed by atoms with Crippen LogP contribution >= 0.6 is 6.89 Å². The lowest BCUT2D eigenvalue weighted by Gasteiger charge is -2.19. The van der Waals surface area contributed by atoms with E-state index in [1.807, 2.05) is 0 Å². The molecule has 2 rings (SSSR count). The van der Waals surface area contributed by atoms with E-state index in [-0.39, 0.29) is 5.82 Å². The van der Waals surface area contributed by atoms with Crippen LogP contribution in [0.4, 0.5) is 5.82 Å². The molecule has 0 aliphatic carbocycles. The topological polar surface area (TPSA) is 111 Å². The molecule has 7 nitrogen and oxygen atoms in total. The van der Waals surface area contributed by atoms with Gasteiger partial charge in [0.15, 0.2) is 6.23 Å². The Hall–Kier alpha value is -1.14. The lowest BCUT2D eigenvalue weighted by molar-refractivity contribution is -0.0402. The molecule has 1 saturated heterocycles. The first-order valence-corrected chi connectivity index (χ1v) is 10.2. The normalized spacial score (nSPS) is 29.0. The Bertz CT molecular complexity index is 654. The monoisotopic (exact) mass is 329 g/mol. The summed E-state index contributed by atoms with van der Waals surface area (Å²) in [6.07, 6.45) is 3.34. The van der Waals surface area contributed by atoms with Gasteiger partial charge in [0.2, 0.25) is 0 Å². The predicted molar refractivity (Wildman–Crippen MR) is 88.9 cm³/mol. The van der Waals surface area contributed by atoms with Gasteiger partial charge in [-0.25, -0.2) is 4.79 Å². The molecule has 0 amide bonds. The molecule has 0 radical (unpaired) electrons. The van der Waals surface area contributed by atoms with Crippen molar-refractivity contribution in [2.24, 2.45) is 0 Å². The van der Waals surface area contributed by atoms with Crippen LogP contribution in [-0.2, 0) is 4.74 Å². The molecule has 1 aliphatic rings. The van der Waals surface area contributed by atoms with Crippen molar-refractivity contribution in [1.29, 1.82) is 0 Å². The Morgan fingerprint density at radius 2 is 2.09 bits per heavy atom. The van der Waals surface area contributed by atoms with Crippen LogP contribution in [0.15, 0.2) is 11.0 Å². The largest absolute Gasteiger partial charge is 0.388 e. The van der Waals surface area contributed by atoms with E-state index in [0.29, 0.717) is 12.0 Å². The highest BCUT2D eigenvalue weighted by Crippen LogP contribution is 2.39. The quantitative estimate of drug-likeness (QED) is 0.663. The molecule has 8 heteroatoms. The fourth-order valence-corrected chi connectivity index (χ4v) is 3.39. The summed E-state index contributed by atoms with van der Waals surface area (Å²) in [7, 11) is 0. The van der Waals surface area contributed by atoms with E-state index >= 15 is 0 Å². The highest BCUT2D eigenvalue weighted by molar-refractivity contribution is 7.72. The summed E-state index contributed by atoms with van der Waals surface area (Å²) in [5.74, 6) is 0.148. The van der Waals surface area contributed by atoms with Crippen molar-refractivity contribution in [2.45, 2.75) is 37.9 Å². The van der Waals surface area contributed by atoms with Crippen LogP contribution in [-0.4, -0.2) is 63.9 Å². The number of rotatable bonds is 4. The lowest BCUT2D eigenvalue weighted by Crippen LogP contribution is -2.36. The zero-order valence-corrected chi connectivity index (χ0v) is 14.0. The van der Waals surface area contributed by atoms with Gasteiger partial charge >= 0.3 is 5.69 Å². The highest BCUT2D eigenvalue weighted by atomic mass is 31.2. The van der Waals surface area contributed by atoms with E-state index in [9.17, 15) is 15.0 Å². The number of hydrogen-bond donors (Lipinski definition) is 3. The third kappa shape index (κ3) is 3.60. The number of ether oxygens (including phenoxy) is 1.